The van der Waals surface area contributed by atoms with Crippen molar-refractivity contribution in [2.75, 3.05) is 7.11 Å². The van der Waals surface area contributed by atoms with Gasteiger partial charge in [-0.3, -0.25) is 0 Å². The summed E-state index contributed by atoms with van der Waals surface area (Å²) >= 11 is 0. The Morgan fingerprint density at radius 1 is 1.33 bits per heavy atom. The number of rotatable bonds is 2. The first-order valence-corrected chi connectivity index (χ1v) is 3.88. The molecule has 1 aromatic rings. The molecule has 1 heteroatoms. The molecule has 0 saturated carbocycles. The summed E-state index contributed by atoms with van der Waals surface area (Å²) in [6, 6.07) is 7.82. The summed E-state index contributed by atoms with van der Waals surface area (Å²) in [6.45, 7) is 2.00. The lowest BCUT2D eigenvalue weighted by Crippen LogP contribution is -1.89. The van der Waals surface area contributed by atoms with Gasteiger partial charge in [0.15, 0.2) is 0 Å². The highest BCUT2D eigenvalue weighted by molar-refractivity contribution is 5.32. The molecule has 1 atom stereocenters. The molecule has 0 aliphatic heterocycles. The molecule has 0 aliphatic rings. The first-order chi connectivity index (χ1) is 5.77. The maximum atomic E-state index is 5.29. The largest absolute Gasteiger partial charge is 0.497 e. The number of hydrogen-bond donors (Lipinski definition) is 0. The second kappa shape index (κ2) is 3.82. The smallest absolute Gasteiger partial charge is 0.118 e. The minimum absolute atomic E-state index is 0.177. The second-order valence-corrected chi connectivity index (χ2v) is 2.66. The predicted octanol–water partition coefficient (Wildman–Crippen LogP) is 2.43. The molecule has 0 N–H and O–H groups in total. The lowest BCUT2D eigenvalue weighted by molar-refractivity contribution is 0.414. The van der Waals surface area contributed by atoms with Crippen LogP contribution in [-0.2, 0) is 0 Å². The van der Waals surface area contributed by atoms with Gasteiger partial charge in [-0.05, 0) is 24.6 Å². The molecule has 0 fully saturated rings. The van der Waals surface area contributed by atoms with Crippen LogP contribution in [0.1, 0.15) is 18.4 Å². The van der Waals surface area contributed by atoms with Crippen molar-refractivity contribution >= 4 is 0 Å². The van der Waals surface area contributed by atoms with Gasteiger partial charge in [-0.2, -0.15) is 0 Å². The highest BCUT2D eigenvalue weighted by Crippen LogP contribution is 2.17. The van der Waals surface area contributed by atoms with Crippen molar-refractivity contribution in [3.8, 4) is 18.1 Å². The van der Waals surface area contributed by atoms with Crippen LogP contribution < -0.4 is 4.74 Å². The van der Waals surface area contributed by atoms with E-state index in [0.717, 1.165) is 11.3 Å². The zero-order valence-corrected chi connectivity index (χ0v) is 7.37. The lowest BCUT2D eigenvalue weighted by atomic mass is 10.0. The van der Waals surface area contributed by atoms with E-state index < -0.39 is 0 Å². The molecule has 0 aromatic heterocycles. The summed E-state index contributed by atoms with van der Waals surface area (Å²) in [4.78, 5) is 0. The minimum Gasteiger partial charge on any atom is -0.497 e. The molecule has 0 aliphatic carbocycles. The standard InChI is InChI=1S/C11H12O/c1-4-9(2)10-5-7-11(12-3)8-6-10/h1,5-9H,2-3H3. The Hall–Kier alpha value is -1.42. The van der Waals surface area contributed by atoms with Gasteiger partial charge >= 0.3 is 0 Å². The third kappa shape index (κ3) is 1.79. The molecule has 1 unspecified atom stereocenters. The van der Waals surface area contributed by atoms with Gasteiger partial charge in [0.05, 0.1) is 7.11 Å². The average molecular weight is 160 g/mol. The fourth-order valence-corrected chi connectivity index (χ4v) is 0.989. The SMILES string of the molecule is C#CC(C)c1ccc(OC)cc1. The van der Waals surface area contributed by atoms with Crippen LogP contribution in [0.25, 0.3) is 0 Å². The minimum atomic E-state index is 0.177. The van der Waals surface area contributed by atoms with Crippen molar-refractivity contribution in [1.82, 2.24) is 0 Å². The Kier molecular flexibility index (Phi) is 2.76. The number of terminal acetylenes is 1. The molecule has 62 valence electrons. The van der Waals surface area contributed by atoms with Gasteiger partial charge in [-0.15, -0.1) is 6.42 Å². The van der Waals surface area contributed by atoms with Crippen molar-refractivity contribution in [2.24, 2.45) is 0 Å². The second-order valence-electron chi connectivity index (χ2n) is 2.66. The Bertz CT molecular complexity index is 279. The van der Waals surface area contributed by atoms with Gasteiger partial charge in [0, 0.05) is 5.92 Å². The van der Waals surface area contributed by atoms with E-state index in [1.807, 2.05) is 31.2 Å². The zero-order chi connectivity index (χ0) is 8.97. The van der Waals surface area contributed by atoms with Crippen LogP contribution in [0, 0.1) is 12.3 Å². The number of methoxy groups -OCH3 is 1. The van der Waals surface area contributed by atoms with E-state index >= 15 is 0 Å². The summed E-state index contributed by atoms with van der Waals surface area (Å²) in [5.41, 5.74) is 1.15. The summed E-state index contributed by atoms with van der Waals surface area (Å²) in [5, 5.41) is 0. The van der Waals surface area contributed by atoms with E-state index in [2.05, 4.69) is 5.92 Å². The summed E-state index contributed by atoms with van der Waals surface area (Å²) in [6.07, 6.45) is 5.29. The molecule has 0 amide bonds. The Balaban J connectivity index is 2.86. The average Bonchev–Trinajstić information content (AvgIpc) is 2.17. The topological polar surface area (TPSA) is 9.23 Å². The van der Waals surface area contributed by atoms with Crippen LogP contribution in [0.2, 0.25) is 0 Å². The Labute approximate surface area is 73.4 Å². The van der Waals surface area contributed by atoms with Crippen molar-refractivity contribution in [3.63, 3.8) is 0 Å². The highest BCUT2D eigenvalue weighted by atomic mass is 16.5. The molecule has 1 aromatic carbocycles. The summed E-state index contributed by atoms with van der Waals surface area (Å²) < 4.78 is 5.03. The first-order valence-electron chi connectivity index (χ1n) is 3.88. The zero-order valence-electron chi connectivity index (χ0n) is 7.37. The van der Waals surface area contributed by atoms with Crippen LogP contribution in [0.5, 0.6) is 5.75 Å². The van der Waals surface area contributed by atoms with Gasteiger partial charge in [-0.25, -0.2) is 0 Å². The van der Waals surface area contributed by atoms with E-state index in [4.69, 9.17) is 11.2 Å². The molecule has 0 saturated heterocycles. The van der Waals surface area contributed by atoms with Crippen molar-refractivity contribution in [3.05, 3.63) is 29.8 Å². The monoisotopic (exact) mass is 160 g/mol. The van der Waals surface area contributed by atoms with E-state index in [0.29, 0.717) is 0 Å². The van der Waals surface area contributed by atoms with Crippen LogP contribution in [0.15, 0.2) is 24.3 Å². The van der Waals surface area contributed by atoms with Gasteiger partial charge in [0.25, 0.3) is 0 Å². The maximum Gasteiger partial charge on any atom is 0.118 e. The van der Waals surface area contributed by atoms with Crippen molar-refractivity contribution in [1.29, 1.82) is 0 Å². The van der Waals surface area contributed by atoms with Gasteiger partial charge in [-0.1, -0.05) is 18.1 Å². The van der Waals surface area contributed by atoms with Gasteiger partial charge < -0.3 is 4.74 Å². The molecule has 1 nitrogen and oxygen atoms in total. The lowest BCUT2D eigenvalue weighted by Gasteiger charge is -2.04. The predicted molar refractivity (Wildman–Crippen MR) is 50.2 cm³/mol. The van der Waals surface area contributed by atoms with E-state index in [1.54, 1.807) is 7.11 Å². The highest BCUT2D eigenvalue weighted by Gasteiger charge is 2.00. The Morgan fingerprint density at radius 3 is 2.33 bits per heavy atom. The maximum absolute atomic E-state index is 5.29. The molecular formula is C11H12O. The van der Waals surface area contributed by atoms with E-state index in [-0.39, 0.29) is 5.92 Å². The molecule has 0 radical (unpaired) electrons. The number of ether oxygens (including phenoxy) is 1. The van der Waals surface area contributed by atoms with Crippen molar-refractivity contribution in [2.45, 2.75) is 12.8 Å². The van der Waals surface area contributed by atoms with Crippen LogP contribution >= 0.6 is 0 Å². The first kappa shape index (κ1) is 8.67. The van der Waals surface area contributed by atoms with Crippen molar-refractivity contribution < 1.29 is 4.74 Å². The third-order valence-corrected chi connectivity index (χ3v) is 1.87. The van der Waals surface area contributed by atoms with Crippen LogP contribution in [0.3, 0.4) is 0 Å². The quantitative estimate of drug-likeness (QED) is 0.604. The third-order valence-electron chi connectivity index (χ3n) is 1.87. The molecule has 0 spiro atoms. The van der Waals surface area contributed by atoms with Gasteiger partial charge in [0.1, 0.15) is 5.75 Å². The molecular weight excluding hydrogens is 148 g/mol. The summed E-state index contributed by atoms with van der Waals surface area (Å²) in [7, 11) is 1.65. The Morgan fingerprint density at radius 2 is 1.92 bits per heavy atom. The van der Waals surface area contributed by atoms with Gasteiger partial charge in [0.2, 0.25) is 0 Å². The summed E-state index contributed by atoms with van der Waals surface area (Å²) in [5.74, 6) is 3.72. The molecule has 0 bridgehead atoms. The molecule has 1 rings (SSSR count). The molecule has 12 heavy (non-hydrogen) atoms. The number of benzene rings is 1. The van der Waals surface area contributed by atoms with E-state index in [9.17, 15) is 0 Å². The number of hydrogen-bond acceptors (Lipinski definition) is 1. The fraction of sp³-hybridized carbons (Fsp3) is 0.273. The normalized spacial score (nSPS) is 11.8. The van der Waals surface area contributed by atoms with Crippen LogP contribution in [0.4, 0.5) is 0 Å². The molecule has 0 heterocycles. The van der Waals surface area contributed by atoms with Crippen LogP contribution in [-0.4, -0.2) is 7.11 Å². The van der Waals surface area contributed by atoms with E-state index in [1.165, 1.54) is 0 Å². The fourth-order valence-electron chi connectivity index (χ4n) is 0.989.